The summed E-state index contributed by atoms with van der Waals surface area (Å²) in [5, 5.41) is 4.82. The molecule has 1 saturated heterocycles. The minimum absolute atomic E-state index is 0.989. The fraction of sp³-hybridized carbons (Fsp3) is 0.389. The van der Waals surface area contributed by atoms with E-state index in [9.17, 15) is 0 Å². The Bertz CT molecular complexity index is 813. The van der Waals surface area contributed by atoms with Gasteiger partial charge in [-0.1, -0.05) is 18.2 Å². The highest BCUT2D eigenvalue weighted by atomic mass is 32.1. The lowest BCUT2D eigenvalue weighted by atomic mass is 10.1. The lowest BCUT2D eigenvalue weighted by Gasteiger charge is -2.31. The van der Waals surface area contributed by atoms with Crippen LogP contribution in [0.5, 0.6) is 0 Å². The van der Waals surface area contributed by atoms with Gasteiger partial charge in [0.15, 0.2) is 0 Å². The minimum atomic E-state index is 0.989. The Morgan fingerprint density at radius 2 is 1.91 bits per heavy atom. The van der Waals surface area contributed by atoms with Crippen LogP contribution in [0.2, 0.25) is 0 Å². The van der Waals surface area contributed by atoms with Gasteiger partial charge in [0.2, 0.25) is 0 Å². The molecule has 3 aromatic rings. The van der Waals surface area contributed by atoms with Crippen LogP contribution in [0.15, 0.2) is 29.6 Å². The Morgan fingerprint density at radius 1 is 1.13 bits per heavy atom. The summed E-state index contributed by atoms with van der Waals surface area (Å²) >= 11 is 3.66. The Balaban J connectivity index is 1.56. The summed E-state index contributed by atoms with van der Waals surface area (Å²) in [5.41, 5.74) is 2.51. The summed E-state index contributed by atoms with van der Waals surface area (Å²) in [4.78, 5) is 11.2. The molecule has 3 nitrogen and oxygen atoms in total. The highest BCUT2D eigenvalue weighted by molar-refractivity contribution is 7.22. The number of rotatable bonds is 3. The van der Waals surface area contributed by atoms with E-state index in [0.29, 0.717) is 0 Å². The number of aryl methyl sites for hydroxylation is 1. The molecule has 0 atom stereocenters. The summed E-state index contributed by atoms with van der Waals surface area (Å²) in [6.45, 7) is 7.82. The number of thiazole rings is 1. The van der Waals surface area contributed by atoms with Crippen LogP contribution >= 0.6 is 22.7 Å². The van der Waals surface area contributed by atoms with Crippen LogP contribution in [0.4, 0.5) is 0 Å². The predicted octanol–water partition coefficient (Wildman–Crippen LogP) is 4.08. The standard InChI is InChI=1S/C18H21N3S2/c1-13-14-5-3-4-6-16(14)23-18(13)15-12-22-17(19-15)11-21-9-7-20(2)8-10-21/h3-6,12H,7-11H2,1-2H3. The van der Waals surface area contributed by atoms with Crippen molar-refractivity contribution >= 4 is 32.8 Å². The van der Waals surface area contributed by atoms with Gasteiger partial charge in [0.1, 0.15) is 5.01 Å². The zero-order chi connectivity index (χ0) is 15.8. The highest BCUT2D eigenvalue weighted by Crippen LogP contribution is 2.38. The normalized spacial score (nSPS) is 17.1. The van der Waals surface area contributed by atoms with E-state index in [-0.39, 0.29) is 0 Å². The first kappa shape index (κ1) is 15.3. The monoisotopic (exact) mass is 343 g/mol. The van der Waals surface area contributed by atoms with Crippen molar-refractivity contribution in [1.29, 1.82) is 0 Å². The second-order valence-corrected chi connectivity index (χ2v) is 8.25. The minimum Gasteiger partial charge on any atom is -0.304 e. The maximum atomic E-state index is 4.92. The zero-order valence-corrected chi connectivity index (χ0v) is 15.2. The number of hydrogen-bond acceptors (Lipinski definition) is 5. The fourth-order valence-electron chi connectivity index (χ4n) is 3.10. The first-order valence-electron chi connectivity index (χ1n) is 8.04. The van der Waals surface area contributed by atoms with Gasteiger partial charge in [-0.2, -0.15) is 0 Å². The molecule has 1 aromatic carbocycles. The average molecular weight is 344 g/mol. The number of hydrogen-bond donors (Lipinski definition) is 0. The molecule has 0 amide bonds. The Morgan fingerprint density at radius 3 is 2.70 bits per heavy atom. The van der Waals surface area contributed by atoms with Gasteiger partial charge in [-0.05, 0) is 31.0 Å². The molecule has 0 unspecified atom stereocenters. The molecular weight excluding hydrogens is 322 g/mol. The van der Waals surface area contributed by atoms with Crippen LogP contribution in [0.1, 0.15) is 10.6 Å². The van der Waals surface area contributed by atoms with Gasteiger partial charge in [0.25, 0.3) is 0 Å². The van der Waals surface area contributed by atoms with Crippen molar-refractivity contribution in [2.75, 3.05) is 33.2 Å². The van der Waals surface area contributed by atoms with Gasteiger partial charge >= 0.3 is 0 Å². The molecule has 0 aliphatic carbocycles. The first-order valence-corrected chi connectivity index (χ1v) is 9.74. The van der Waals surface area contributed by atoms with Crippen molar-refractivity contribution in [3.8, 4) is 10.6 Å². The molecule has 0 saturated carbocycles. The Hall–Kier alpha value is -1.27. The summed E-state index contributed by atoms with van der Waals surface area (Å²) in [6.07, 6.45) is 0. The molecule has 2 aromatic heterocycles. The van der Waals surface area contributed by atoms with Crippen molar-refractivity contribution in [3.63, 3.8) is 0 Å². The van der Waals surface area contributed by atoms with Crippen molar-refractivity contribution in [3.05, 3.63) is 40.2 Å². The SMILES string of the molecule is Cc1c(-c2csc(CN3CCN(C)CC3)n2)sc2ccccc12. The van der Waals surface area contributed by atoms with Crippen molar-refractivity contribution < 1.29 is 0 Å². The van der Waals surface area contributed by atoms with Gasteiger partial charge in [-0.25, -0.2) is 4.98 Å². The molecular formula is C18H21N3S2. The molecule has 120 valence electrons. The highest BCUT2D eigenvalue weighted by Gasteiger charge is 2.17. The Kier molecular flexibility index (Phi) is 4.20. The smallest absolute Gasteiger partial charge is 0.107 e. The van der Waals surface area contributed by atoms with E-state index in [1.54, 1.807) is 11.3 Å². The van der Waals surface area contributed by atoms with E-state index in [0.717, 1.165) is 38.4 Å². The summed E-state index contributed by atoms with van der Waals surface area (Å²) in [7, 11) is 2.20. The molecule has 0 bridgehead atoms. The van der Waals surface area contributed by atoms with Crippen LogP contribution in [0, 0.1) is 6.92 Å². The van der Waals surface area contributed by atoms with Gasteiger partial charge in [-0.15, -0.1) is 22.7 Å². The van der Waals surface area contributed by atoms with Crippen LogP contribution < -0.4 is 0 Å². The van der Waals surface area contributed by atoms with Crippen molar-refractivity contribution in [2.24, 2.45) is 0 Å². The number of thiophene rings is 1. The summed E-state index contributed by atoms with van der Waals surface area (Å²) < 4.78 is 1.36. The molecule has 1 fully saturated rings. The predicted molar refractivity (Wildman–Crippen MR) is 100 cm³/mol. The third-order valence-corrected chi connectivity index (χ3v) is 6.71. The van der Waals surface area contributed by atoms with Gasteiger partial charge < -0.3 is 4.90 Å². The van der Waals surface area contributed by atoms with Crippen LogP contribution in [0.3, 0.4) is 0 Å². The maximum absolute atomic E-state index is 4.92. The fourth-order valence-corrected chi connectivity index (χ4v) is 5.17. The average Bonchev–Trinajstić information content (AvgIpc) is 3.15. The molecule has 0 radical (unpaired) electrons. The topological polar surface area (TPSA) is 19.4 Å². The zero-order valence-electron chi connectivity index (χ0n) is 13.6. The van der Waals surface area contributed by atoms with E-state index in [2.05, 4.69) is 53.4 Å². The third kappa shape index (κ3) is 3.06. The van der Waals surface area contributed by atoms with E-state index >= 15 is 0 Å². The number of nitrogens with zero attached hydrogens (tertiary/aromatic N) is 3. The lowest BCUT2D eigenvalue weighted by molar-refractivity contribution is 0.148. The van der Waals surface area contributed by atoms with Crippen molar-refractivity contribution in [1.82, 2.24) is 14.8 Å². The van der Waals surface area contributed by atoms with E-state index in [4.69, 9.17) is 4.98 Å². The molecule has 23 heavy (non-hydrogen) atoms. The number of benzene rings is 1. The van der Waals surface area contributed by atoms with E-state index < -0.39 is 0 Å². The molecule has 1 aliphatic heterocycles. The molecule has 1 aliphatic rings. The van der Waals surface area contributed by atoms with Crippen molar-refractivity contribution in [2.45, 2.75) is 13.5 Å². The molecule has 5 heteroatoms. The lowest BCUT2D eigenvalue weighted by Crippen LogP contribution is -2.43. The van der Waals surface area contributed by atoms with E-state index in [1.165, 1.54) is 25.5 Å². The maximum Gasteiger partial charge on any atom is 0.107 e. The number of fused-ring (bicyclic) bond motifs is 1. The second kappa shape index (κ2) is 6.32. The molecule has 3 heterocycles. The molecule has 0 spiro atoms. The Labute approximate surface area is 145 Å². The van der Waals surface area contributed by atoms with Crippen LogP contribution in [-0.2, 0) is 6.54 Å². The van der Waals surface area contributed by atoms with Gasteiger partial charge in [0.05, 0.1) is 17.1 Å². The summed E-state index contributed by atoms with van der Waals surface area (Å²) in [6, 6.07) is 8.64. The number of aromatic nitrogens is 1. The second-order valence-electron chi connectivity index (χ2n) is 6.26. The third-order valence-electron chi connectivity index (χ3n) is 4.58. The molecule has 4 rings (SSSR count). The summed E-state index contributed by atoms with van der Waals surface area (Å²) in [5.74, 6) is 0. The number of likely N-dealkylation sites (N-methyl/N-ethyl adjacent to an activating group) is 1. The van der Waals surface area contributed by atoms with E-state index in [1.807, 2.05) is 11.3 Å². The van der Waals surface area contributed by atoms with Gasteiger partial charge in [-0.3, -0.25) is 4.90 Å². The largest absolute Gasteiger partial charge is 0.304 e. The number of piperazine rings is 1. The van der Waals surface area contributed by atoms with Crippen LogP contribution in [0.25, 0.3) is 20.7 Å². The van der Waals surface area contributed by atoms with Gasteiger partial charge in [0, 0.05) is 36.3 Å². The quantitative estimate of drug-likeness (QED) is 0.714. The molecule has 0 N–H and O–H groups in total. The first-order chi connectivity index (χ1) is 11.2. The van der Waals surface area contributed by atoms with Crippen LogP contribution in [-0.4, -0.2) is 48.0 Å².